The third kappa shape index (κ3) is 3.18. The molecule has 0 aliphatic rings. The van der Waals surface area contributed by atoms with Crippen LogP contribution < -0.4 is 11.1 Å². The van der Waals surface area contributed by atoms with Gasteiger partial charge in [0.25, 0.3) is 0 Å². The first kappa shape index (κ1) is 16.0. The number of rotatable bonds is 5. The molecule has 0 spiro atoms. The summed E-state index contributed by atoms with van der Waals surface area (Å²) in [5.74, 6) is 2.08. The maximum Gasteiger partial charge on any atom is 0.229 e. The van der Waals surface area contributed by atoms with Gasteiger partial charge in [-0.15, -0.1) is 0 Å². The molecule has 0 amide bonds. The molecule has 0 bridgehead atoms. The van der Waals surface area contributed by atoms with Gasteiger partial charge in [-0.1, -0.05) is 48.5 Å². The van der Waals surface area contributed by atoms with Crippen molar-refractivity contribution in [2.75, 3.05) is 5.32 Å². The lowest BCUT2D eigenvalue weighted by atomic mass is 10.2. The first-order valence-corrected chi connectivity index (χ1v) is 8.32. The SMILES string of the molecule is NCc1ccccc1Nc1nccc(-n2ccnc2-c2ccccc2)n1. The van der Waals surface area contributed by atoms with E-state index in [9.17, 15) is 0 Å². The van der Waals surface area contributed by atoms with Crippen molar-refractivity contribution in [3.63, 3.8) is 0 Å². The number of nitrogens with one attached hydrogen (secondary N) is 1. The van der Waals surface area contributed by atoms with Crippen LogP contribution in [0.5, 0.6) is 0 Å². The first-order valence-electron chi connectivity index (χ1n) is 8.32. The number of aromatic nitrogens is 4. The van der Waals surface area contributed by atoms with Gasteiger partial charge in [0.05, 0.1) is 0 Å². The van der Waals surface area contributed by atoms with Crippen LogP contribution in [0.4, 0.5) is 11.6 Å². The minimum Gasteiger partial charge on any atom is -0.326 e. The zero-order chi connectivity index (χ0) is 17.8. The number of imidazole rings is 1. The van der Waals surface area contributed by atoms with Gasteiger partial charge in [0.15, 0.2) is 0 Å². The molecule has 0 radical (unpaired) electrons. The van der Waals surface area contributed by atoms with E-state index >= 15 is 0 Å². The van der Waals surface area contributed by atoms with Gasteiger partial charge in [0.2, 0.25) is 5.95 Å². The topological polar surface area (TPSA) is 81.6 Å². The van der Waals surface area contributed by atoms with E-state index in [1.54, 1.807) is 12.4 Å². The number of anilines is 2. The Balaban J connectivity index is 1.68. The van der Waals surface area contributed by atoms with Crippen LogP contribution in [-0.4, -0.2) is 19.5 Å². The average molecular weight is 342 g/mol. The lowest BCUT2D eigenvalue weighted by Gasteiger charge is -2.11. The van der Waals surface area contributed by atoms with Gasteiger partial charge >= 0.3 is 0 Å². The summed E-state index contributed by atoms with van der Waals surface area (Å²) >= 11 is 0. The van der Waals surface area contributed by atoms with E-state index in [2.05, 4.69) is 20.3 Å². The van der Waals surface area contributed by atoms with Crippen molar-refractivity contribution < 1.29 is 0 Å². The maximum absolute atomic E-state index is 5.80. The highest BCUT2D eigenvalue weighted by atomic mass is 15.2. The van der Waals surface area contributed by atoms with Gasteiger partial charge in [-0.05, 0) is 17.7 Å². The van der Waals surface area contributed by atoms with E-state index < -0.39 is 0 Å². The second-order valence-electron chi connectivity index (χ2n) is 5.71. The Labute approximate surface area is 151 Å². The fourth-order valence-corrected chi connectivity index (χ4v) is 2.77. The fraction of sp³-hybridized carbons (Fsp3) is 0.0500. The quantitative estimate of drug-likeness (QED) is 0.580. The highest BCUT2D eigenvalue weighted by Crippen LogP contribution is 2.22. The van der Waals surface area contributed by atoms with E-state index in [4.69, 9.17) is 5.73 Å². The largest absolute Gasteiger partial charge is 0.326 e. The summed E-state index contributed by atoms with van der Waals surface area (Å²) in [7, 11) is 0. The Morgan fingerprint density at radius 1 is 0.885 bits per heavy atom. The van der Waals surface area contributed by atoms with Crippen molar-refractivity contribution in [2.24, 2.45) is 5.73 Å². The van der Waals surface area contributed by atoms with E-state index in [1.165, 1.54) is 0 Å². The standard InChI is InChI=1S/C20H18N6/c21-14-16-8-4-5-9-17(16)24-20-23-11-10-18(25-20)26-13-12-22-19(26)15-6-2-1-3-7-15/h1-13H,14,21H2,(H,23,24,25). The molecule has 26 heavy (non-hydrogen) atoms. The zero-order valence-electron chi connectivity index (χ0n) is 14.1. The number of benzene rings is 2. The predicted molar refractivity (Wildman–Crippen MR) is 102 cm³/mol. The number of hydrogen-bond acceptors (Lipinski definition) is 5. The molecule has 0 fully saturated rings. The van der Waals surface area contributed by atoms with Gasteiger partial charge in [0, 0.05) is 36.4 Å². The zero-order valence-corrected chi connectivity index (χ0v) is 14.1. The van der Waals surface area contributed by atoms with Gasteiger partial charge in [-0.3, -0.25) is 4.57 Å². The minimum absolute atomic E-state index is 0.447. The first-order chi connectivity index (χ1) is 12.8. The van der Waals surface area contributed by atoms with Crippen molar-refractivity contribution in [1.29, 1.82) is 0 Å². The fourth-order valence-electron chi connectivity index (χ4n) is 2.77. The van der Waals surface area contributed by atoms with E-state index in [0.29, 0.717) is 12.5 Å². The smallest absolute Gasteiger partial charge is 0.229 e. The number of para-hydroxylation sites is 1. The number of nitrogens with two attached hydrogens (primary N) is 1. The van der Waals surface area contributed by atoms with Gasteiger partial charge in [-0.25, -0.2) is 9.97 Å². The molecule has 4 aromatic rings. The maximum atomic E-state index is 5.80. The molecule has 128 valence electrons. The molecule has 4 rings (SSSR count). The molecule has 2 heterocycles. The van der Waals surface area contributed by atoms with Crippen LogP contribution in [0, 0.1) is 0 Å². The van der Waals surface area contributed by atoms with Gasteiger partial charge < -0.3 is 11.1 Å². The predicted octanol–water partition coefficient (Wildman–Crippen LogP) is 3.53. The molecule has 0 aliphatic carbocycles. The Kier molecular flexibility index (Phi) is 4.40. The third-order valence-corrected chi connectivity index (χ3v) is 4.04. The van der Waals surface area contributed by atoms with Crippen molar-refractivity contribution in [3.8, 4) is 17.2 Å². The average Bonchev–Trinajstić information content (AvgIpc) is 3.19. The third-order valence-electron chi connectivity index (χ3n) is 4.04. The van der Waals surface area contributed by atoms with Crippen LogP contribution in [0.1, 0.15) is 5.56 Å². The van der Waals surface area contributed by atoms with Crippen molar-refractivity contribution in [3.05, 3.63) is 84.8 Å². The van der Waals surface area contributed by atoms with Crippen LogP contribution in [0.15, 0.2) is 79.3 Å². The summed E-state index contributed by atoms with van der Waals surface area (Å²) in [4.78, 5) is 13.4. The van der Waals surface area contributed by atoms with Crippen LogP contribution in [-0.2, 0) is 6.54 Å². The molecule has 0 unspecified atom stereocenters. The highest BCUT2D eigenvalue weighted by molar-refractivity contribution is 5.60. The normalized spacial score (nSPS) is 10.7. The van der Waals surface area contributed by atoms with Crippen LogP contribution in [0.25, 0.3) is 17.2 Å². The van der Waals surface area contributed by atoms with Crippen molar-refractivity contribution in [1.82, 2.24) is 19.5 Å². The summed E-state index contributed by atoms with van der Waals surface area (Å²) in [5, 5.41) is 3.25. The van der Waals surface area contributed by atoms with E-state index in [-0.39, 0.29) is 0 Å². The molecule has 0 saturated carbocycles. The monoisotopic (exact) mass is 342 g/mol. The molecule has 6 heteroatoms. The van der Waals surface area contributed by atoms with Crippen LogP contribution in [0.2, 0.25) is 0 Å². The summed E-state index contributed by atoms with van der Waals surface area (Å²) in [6.07, 6.45) is 5.38. The number of nitrogens with zero attached hydrogens (tertiary/aromatic N) is 4. The van der Waals surface area contributed by atoms with Crippen LogP contribution in [0.3, 0.4) is 0 Å². The second kappa shape index (κ2) is 7.16. The highest BCUT2D eigenvalue weighted by Gasteiger charge is 2.10. The number of hydrogen-bond donors (Lipinski definition) is 2. The summed E-state index contributed by atoms with van der Waals surface area (Å²) < 4.78 is 1.94. The van der Waals surface area contributed by atoms with Crippen LogP contribution >= 0.6 is 0 Å². The second-order valence-corrected chi connectivity index (χ2v) is 5.71. The molecular formula is C20H18N6. The molecule has 0 saturated heterocycles. The lowest BCUT2D eigenvalue weighted by molar-refractivity contribution is 0.981. The molecule has 0 aliphatic heterocycles. The van der Waals surface area contributed by atoms with E-state index in [0.717, 1.165) is 28.5 Å². The summed E-state index contributed by atoms with van der Waals surface area (Å²) in [6.45, 7) is 0.447. The van der Waals surface area contributed by atoms with Crippen molar-refractivity contribution in [2.45, 2.75) is 6.54 Å². The molecule has 3 N–H and O–H groups in total. The van der Waals surface area contributed by atoms with Gasteiger partial charge in [0.1, 0.15) is 11.6 Å². The molecule has 6 nitrogen and oxygen atoms in total. The Morgan fingerprint density at radius 2 is 1.69 bits per heavy atom. The Bertz CT molecular complexity index is 1010. The molecule has 2 aromatic carbocycles. The molecule has 0 atom stereocenters. The lowest BCUT2D eigenvalue weighted by Crippen LogP contribution is -2.06. The Hall–Kier alpha value is -3.51. The van der Waals surface area contributed by atoms with Crippen molar-refractivity contribution >= 4 is 11.6 Å². The van der Waals surface area contributed by atoms with Gasteiger partial charge in [-0.2, -0.15) is 4.98 Å². The Morgan fingerprint density at radius 3 is 2.54 bits per heavy atom. The molecule has 2 aromatic heterocycles. The minimum atomic E-state index is 0.447. The summed E-state index contributed by atoms with van der Waals surface area (Å²) in [6, 6.07) is 19.7. The molecular weight excluding hydrogens is 324 g/mol. The summed E-state index contributed by atoms with van der Waals surface area (Å²) in [5.41, 5.74) is 8.74. The van der Waals surface area contributed by atoms with E-state index in [1.807, 2.05) is 71.4 Å².